The zero-order valence-corrected chi connectivity index (χ0v) is 18.3. The lowest BCUT2D eigenvalue weighted by atomic mass is 10.1. The standard InChI is InChI=1S/C23H28N2O5S/c26-22(24-14-13-19-7-3-1-4-8-19)18-30-23(27)17-20-9-11-21(12-10-20)31(28,29)25-15-5-2-6-16-25/h1,3-4,7-12H,2,5-6,13-18H2,(H,24,26). The number of ether oxygens (including phenoxy) is 1. The van der Waals surface area contributed by atoms with Crippen molar-refractivity contribution in [3.63, 3.8) is 0 Å². The van der Waals surface area contributed by atoms with Crippen LogP contribution in [0, 0.1) is 0 Å². The first kappa shape index (κ1) is 23.0. The Labute approximate surface area is 183 Å². The maximum absolute atomic E-state index is 12.7. The van der Waals surface area contributed by atoms with E-state index in [1.54, 1.807) is 12.1 Å². The number of piperidine rings is 1. The van der Waals surface area contributed by atoms with Crippen LogP contribution in [0.1, 0.15) is 30.4 Å². The largest absolute Gasteiger partial charge is 0.455 e. The lowest BCUT2D eigenvalue weighted by Gasteiger charge is -2.25. The molecule has 0 bridgehead atoms. The van der Waals surface area contributed by atoms with Crippen molar-refractivity contribution in [2.75, 3.05) is 26.2 Å². The summed E-state index contributed by atoms with van der Waals surface area (Å²) in [5.41, 5.74) is 1.75. The molecule has 0 aromatic heterocycles. The normalized spacial score (nSPS) is 14.7. The summed E-state index contributed by atoms with van der Waals surface area (Å²) in [6, 6.07) is 16.0. The number of amides is 1. The third-order valence-corrected chi connectivity index (χ3v) is 7.08. The van der Waals surface area contributed by atoms with Crippen LogP contribution >= 0.6 is 0 Å². The van der Waals surface area contributed by atoms with Crippen molar-refractivity contribution < 1.29 is 22.7 Å². The number of carbonyl (C=O) groups is 2. The maximum atomic E-state index is 12.7. The Kier molecular flexibility index (Phi) is 8.20. The average Bonchev–Trinajstić information content (AvgIpc) is 2.79. The van der Waals surface area contributed by atoms with Gasteiger partial charge in [0.1, 0.15) is 0 Å². The molecule has 1 N–H and O–H groups in total. The zero-order valence-electron chi connectivity index (χ0n) is 17.5. The molecular formula is C23H28N2O5S. The van der Waals surface area contributed by atoms with Crippen LogP contribution in [-0.4, -0.2) is 50.8 Å². The molecule has 0 atom stereocenters. The summed E-state index contributed by atoms with van der Waals surface area (Å²) >= 11 is 0. The molecule has 2 aromatic carbocycles. The fraction of sp³-hybridized carbons (Fsp3) is 0.391. The van der Waals surface area contributed by atoms with Crippen molar-refractivity contribution in [3.05, 3.63) is 65.7 Å². The molecule has 31 heavy (non-hydrogen) atoms. The lowest BCUT2D eigenvalue weighted by molar-refractivity contribution is -0.147. The van der Waals surface area contributed by atoms with Crippen LogP contribution in [0.3, 0.4) is 0 Å². The van der Waals surface area contributed by atoms with Crippen molar-refractivity contribution in [1.29, 1.82) is 0 Å². The Bertz CT molecular complexity index is 969. The Morgan fingerprint density at radius 2 is 1.58 bits per heavy atom. The fourth-order valence-corrected chi connectivity index (χ4v) is 4.96. The van der Waals surface area contributed by atoms with Crippen LogP contribution in [0.2, 0.25) is 0 Å². The van der Waals surface area contributed by atoms with Gasteiger partial charge in [-0.1, -0.05) is 48.9 Å². The van der Waals surface area contributed by atoms with Crippen molar-refractivity contribution in [3.8, 4) is 0 Å². The van der Waals surface area contributed by atoms with Gasteiger partial charge in [0.25, 0.3) is 5.91 Å². The molecule has 1 aliphatic heterocycles. The molecule has 3 rings (SSSR count). The number of nitrogens with zero attached hydrogens (tertiary/aromatic N) is 1. The highest BCUT2D eigenvalue weighted by atomic mass is 32.2. The van der Waals surface area contributed by atoms with Crippen LogP contribution in [0.15, 0.2) is 59.5 Å². The summed E-state index contributed by atoms with van der Waals surface area (Å²) in [5.74, 6) is -0.892. The molecule has 1 amide bonds. The minimum atomic E-state index is -3.49. The number of rotatable bonds is 9. The number of hydrogen-bond donors (Lipinski definition) is 1. The molecule has 0 saturated carbocycles. The van der Waals surface area contributed by atoms with Crippen LogP contribution in [-0.2, 0) is 37.2 Å². The van der Waals surface area contributed by atoms with E-state index < -0.39 is 16.0 Å². The van der Waals surface area contributed by atoms with Crippen LogP contribution < -0.4 is 5.32 Å². The van der Waals surface area contributed by atoms with Crippen LogP contribution in [0.4, 0.5) is 0 Å². The van der Waals surface area contributed by atoms with E-state index in [-0.39, 0.29) is 23.8 Å². The second-order valence-corrected chi connectivity index (χ2v) is 9.47. The molecule has 1 aliphatic rings. The minimum Gasteiger partial charge on any atom is -0.455 e. The van der Waals surface area contributed by atoms with E-state index >= 15 is 0 Å². The Morgan fingerprint density at radius 3 is 2.26 bits per heavy atom. The van der Waals surface area contributed by atoms with Gasteiger partial charge in [-0.2, -0.15) is 4.31 Å². The summed E-state index contributed by atoms with van der Waals surface area (Å²) in [6.07, 6.45) is 3.48. The predicted molar refractivity (Wildman–Crippen MR) is 117 cm³/mol. The van der Waals surface area contributed by atoms with E-state index in [1.165, 1.54) is 16.4 Å². The summed E-state index contributed by atoms with van der Waals surface area (Å²) in [6.45, 7) is 1.22. The number of hydrogen-bond acceptors (Lipinski definition) is 5. The van der Waals surface area contributed by atoms with Gasteiger partial charge >= 0.3 is 5.97 Å². The first-order valence-electron chi connectivity index (χ1n) is 10.5. The van der Waals surface area contributed by atoms with Gasteiger partial charge in [0.05, 0.1) is 11.3 Å². The van der Waals surface area contributed by atoms with Gasteiger partial charge in [-0.25, -0.2) is 8.42 Å². The van der Waals surface area contributed by atoms with Crippen molar-refractivity contribution in [2.24, 2.45) is 0 Å². The molecule has 0 spiro atoms. The Hall–Kier alpha value is -2.71. The number of carbonyl (C=O) groups excluding carboxylic acids is 2. The van der Waals surface area contributed by atoms with E-state index in [0.29, 0.717) is 31.6 Å². The molecule has 1 fully saturated rings. The first-order chi connectivity index (χ1) is 14.9. The SMILES string of the molecule is O=C(COC(=O)Cc1ccc(S(=O)(=O)N2CCCCC2)cc1)NCCc1ccccc1. The molecule has 1 heterocycles. The van der Waals surface area contributed by atoms with Gasteiger partial charge < -0.3 is 10.1 Å². The Balaban J connectivity index is 1.41. The van der Waals surface area contributed by atoms with Gasteiger partial charge in [0, 0.05) is 19.6 Å². The van der Waals surface area contributed by atoms with E-state index in [1.807, 2.05) is 30.3 Å². The van der Waals surface area contributed by atoms with Crippen molar-refractivity contribution in [1.82, 2.24) is 9.62 Å². The number of benzene rings is 2. The second-order valence-electron chi connectivity index (χ2n) is 7.53. The van der Waals surface area contributed by atoms with Crippen molar-refractivity contribution in [2.45, 2.75) is 37.0 Å². The van der Waals surface area contributed by atoms with E-state index in [0.717, 1.165) is 24.8 Å². The monoisotopic (exact) mass is 444 g/mol. The highest BCUT2D eigenvalue weighted by molar-refractivity contribution is 7.89. The summed E-state index contributed by atoms with van der Waals surface area (Å²) in [5, 5.41) is 2.72. The smallest absolute Gasteiger partial charge is 0.310 e. The van der Waals surface area contributed by atoms with Gasteiger partial charge in [0.15, 0.2) is 6.61 Å². The third kappa shape index (κ3) is 6.90. The minimum absolute atomic E-state index is 0.0265. The highest BCUT2D eigenvalue weighted by Gasteiger charge is 2.25. The molecule has 8 heteroatoms. The quantitative estimate of drug-likeness (QED) is 0.599. The molecule has 7 nitrogen and oxygen atoms in total. The van der Waals surface area contributed by atoms with Crippen molar-refractivity contribution >= 4 is 21.9 Å². The molecule has 2 aromatic rings. The molecule has 0 radical (unpaired) electrons. The van der Waals surface area contributed by atoms with Gasteiger partial charge in [0.2, 0.25) is 10.0 Å². The van der Waals surface area contributed by atoms with E-state index in [2.05, 4.69) is 5.32 Å². The van der Waals surface area contributed by atoms with E-state index in [4.69, 9.17) is 4.74 Å². The summed E-state index contributed by atoms with van der Waals surface area (Å²) < 4.78 is 31.9. The molecular weight excluding hydrogens is 416 g/mol. The molecule has 0 unspecified atom stereocenters. The second kappa shape index (κ2) is 11.1. The fourth-order valence-electron chi connectivity index (χ4n) is 3.44. The summed E-state index contributed by atoms with van der Waals surface area (Å²) in [4.78, 5) is 24.1. The Morgan fingerprint density at radius 1 is 0.903 bits per heavy atom. The maximum Gasteiger partial charge on any atom is 0.310 e. The van der Waals surface area contributed by atoms with Gasteiger partial charge in [-0.05, 0) is 42.5 Å². The molecule has 166 valence electrons. The average molecular weight is 445 g/mol. The van der Waals surface area contributed by atoms with E-state index in [9.17, 15) is 18.0 Å². The first-order valence-corrected chi connectivity index (χ1v) is 11.9. The zero-order chi connectivity index (χ0) is 22.1. The predicted octanol–water partition coefficient (Wildman–Crippen LogP) is 2.31. The highest BCUT2D eigenvalue weighted by Crippen LogP contribution is 2.21. The lowest BCUT2D eigenvalue weighted by Crippen LogP contribution is -2.35. The summed E-state index contributed by atoms with van der Waals surface area (Å²) in [7, 11) is -3.49. The topological polar surface area (TPSA) is 92.8 Å². The van der Waals surface area contributed by atoms with Gasteiger partial charge in [-0.3, -0.25) is 9.59 Å². The molecule has 0 aliphatic carbocycles. The van der Waals surface area contributed by atoms with Gasteiger partial charge in [-0.15, -0.1) is 0 Å². The van der Waals surface area contributed by atoms with Crippen LogP contribution in [0.25, 0.3) is 0 Å². The number of esters is 1. The third-order valence-electron chi connectivity index (χ3n) is 5.17. The number of sulfonamides is 1. The molecule has 1 saturated heterocycles. The number of nitrogens with one attached hydrogen (secondary N) is 1. The van der Waals surface area contributed by atoms with Crippen LogP contribution in [0.5, 0.6) is 0 Å².